The Bertz CT molecular complexity index is 541. The molecule has 3 rings (SSSR count). The molecule has 18 heavy (non-hydrogen) atoms. The van der Waals surface area contributed by atoms with Crippen molar-refractivity contribution in [3.05, 3.63) is 41.5 Å². The van der Waals surface area contributed by atoms with E-state index in [4.69, 9.17) is 5.73 Å². The minimum Gasteiger partial charge on any atom is -0.399 e. The number of benzene rings is 1. The molecule has 1 aromatic carbocycles. The summed E-state index contributed by atoms with van der Waals surface area (Å²) < 4.78 is 2.27. The number of fused-ring (bicyclic) bond motifs is 1. The van der Waals surface area contributed by atoms with Crippen molar-refractivity contribution >= 4 is 5.69 Å². The highest BCUT2D eigenvalue weighted by molar-refractivity contribution is 5.39. The monoisotopic (exact) mass is 242 g/mol. The summed E-state index contributed by atoms with van der Waals surface area (Å²) in [7, 11) is 0. The fraction of sp³-hybridized carbons (Fsp3) is 0.429. The fourth-order valence-corrected chi connectivity index (χ4v) is 2.49. The molecule has 0 aliphatic carbocycles. The van der Waals surface area contributed by atoms with E-state index in [2.05, 4.69) is 33.8 Å². The largest absolute Gasteiger partial charge is 0.399 e. The lowest BCUT2D eigenvalue weighted by Gasteiger charge is -2.20. The fourth-order valence-electron chi connectivity index (χ4n) is 2.49. The van der Waals surface area contributed by atoms with Crippen molar-refractivity contribution in [2.24, 2.45) is 5.92 Å². The van der Waals surface area contributed by atoms with Crippen LogP contribution in [0, 0.1) is 5.92 Å². The van der Waals surface area contributed by atoms with E-state index in [1.807, 2.05) is 12.1 Å². The summed E-state index contributed by atoms with van der Waals surface area (Å²) in [4.78, 5) is 0. The molecule has 2 aromatic rings. The van der Waals surface area contributed by atoms with Gasteiger partial charge in [0.05, 0.1) is 0 Å². The van der Waals surface area contributed by atoms with Crippen LogP contribution in [-0.4, -0.2) is 14.8 Å². The van der Waals surface area contributed by atoms with Gasteiger partial charge < -0.3 is 10.3 Å². The van der Waals surface area contributed by atoms with E-state index in [0.717, 1.165) is 42.6 Å². The third kappa shape index (κ3) is 2.10. The van der Waals surface area contributed by atoms with E-state index in [0.29, 0.717) is 0 Å². The van der Waals surface area contributed by atoms with Gasteiger partial charge in [-0.3, -0.25) is 0 Å². The van der Waals surface area contributed by atoms with Crippen molar-refractivity contribution in [1.82, 2.24) is 14.8 Å². The standard InChI is InChI=1S/C14H18N4/c1-10-6-7-18-13(8-10)16-17-14(18)9-11-2-4-12(15)5-3-11/h2-5,10H,6-9,15H2,1H3. The number of nitrogens with two attached hydrogens (primary N) is 1. The van der Waals surface area contributed by atoms with E-state index in [1.165, 1.54) is 12.0 Å². The molecule has 1 aliphatic rings. The Hall–Kier alpha value is -1.84. The van der Waals surface area contributed by atoms with Crippen molar-refractivity contribution in [3.8, 4) is 0 Å². The molecule has 2 N–H and O–H groups in total. The number of hydrogen-bond acceptors (Lipinski definition) is 3. The van der Waals surface area contributed by atoms with E-state index >= 15 is 0 Å². The van der Waals surface area contributed by atoms with Gasteiger partial charge in [0, 0.05) is 25.1 Å². The Balaban J connectivity index is 1.83. The Labute approximate surface area is 107 Å². The summed E-state index contributed by atoms with van der Waals surface area (Å²) in [5, 5.41) is 8.64. The number of aromatic nitrogens is 3. The van der Waals surface area contributed by atoms with Crippen molar-refractivity contribution in [3.63, 3.8) is 0 Å². The minimum atomic E-state index is 0.728. The van der Waals surface area contributed by atoms with E-state index in [1.54, 1.807) is 0 Å². The zero-order valence-corrected chi connectivity index (χ0v) is 10.6. The van der Waals surface area contributed by atoms with Crippen molar-refractivity contribution in [1.29, 1.82) is 0 Å². The first-order valence-electron chi connectivity index (χ1n) is 6.48. The normalized spacial score (nSPS) is 18.6. The molecular formula is C14H18N4. The third-order valence-corrected chi connectivity index (χ3v) is 3.62. The number of nitrogens with zero attached hydrogens (tertiary/aromatic N) is 3. The molecule has 1 aromatic heterocycles. The lowest BCUT2D eigenvalue weighted by molar-refractivity contribution is 0.404. The van der Waals surface area contributed by atoms with Crippen LogP contribution in [0.25, 0.3) is 0 Å². The first kappa shape index (κ1) is 11.3. The predicted octanol–water partition coefficient (Wildman–Crippen LogP) is 2.03. The van der Waals surface area contributed by atoms with E-state index < -0.39 is 0 Å². The zero-order valence-electron chi connectivity index (χ0n) is 10.6. The summed E-state index contributed by atoms with van der Waals surface area (Å²) >= 11 is 0. The summed E-state index contributed by atoms with van der Waals surface area (Å²) in [6, 6.07) is 7.99. The average Bonchev–Trinajstić information content (AvgIpc) is 2.74. The Morgan fingerprint density at radius 2 is 2.06 bits per heavy atom. The summed E-state index contributed by atoms with van der Waals surface area (Å²) in [5.74, 6) is 2.94. The van der Waals surface area contributed by atoms with Gasteiger partial charge >= 0.3 is 0 Å². The predicted molar refractivity (Wildman–Crippen MR) is 71.2 cm³/mol. The molecule has 4 heteroatoms. The van der Waals surface area contributed by atoms with Gasteiger partial charge in [0.25, 0.3) is 0 Å². The molecule has 0 bridgehead atoms. The third-order valence-electron chi connectivity index (χ3n) is 3.62. The SMILES string of the molecule is CC1CCn2c(Cc3ccc(N)cc3)nnc2C1. The van der Waals surface area contributed by atoms with Crippen LogP contribution in [0.5, 0.6) is 0 Å². The van der Waals surface area contributed by atoms with Crippen LogP contribution >= 0.6 is 0 Å². The first-order valence-corrected chi connectivity index (χ1v) is 6.48. The number of anilines is 1. The molecule has 1 atom stereocenters. The highest BCUT2D eigenvalue weighted by atomic mass is 15.3. The maximum atomic E-state index is 5.69. The lowest BCUT2D eigenvalue weighted by Crippen LogP contribution is -2.19. The highest BCUT2D eigenvalue weighted by Gasteiger charge is 2.19. The molecule has 0 amide bonds. The van der Waals surface area contributed by atoms with E-state index in [9.17, 15) is 0 Å². The second-order valence-electron chi connectivity index (χ2n) is 5.20. The van der Waals surface area contributed by atoms with Gasteiger partial charge in [0.1, 0.15) is 11.6 Å². The zero-order chi connectivity index (χ0) is 12.5. The maximum absolute atomic E-state index is 5.69. The quantitative estimate of drug-likeness (QED) is 0.820. The lowest BCUT2D eigenvalue weighted by atomic mass is 10.00. The minimum absolute atomic E-state index is 0.728. The van der Waals surface area contributed by atoms with Crippen LogP contribution < -0.4 is 5.73 Å². The summed E-state index contributed by atoms with van der Waals surface area (Å²) in [5.41, 5.74) is 7.73. The van der Waals surface area contributed by atoms with Crippen LogP contribution in [0.1, 0.15) is 30.6 Å². The molecular weight excluding hydrogens is 224 g/mol. The van der Waals surface area contributed by atoms with Gasteiger partial charge in [-0.1, -0.05) is 19.1 Å². The number of rotatable bonds is 2. The van der Waals surface area contributed by atoms with Gasteiger partial charge in [-0.15, -0.1) is 10.2 Å². The molecule has 0 saturated heterocycles. The van der Waals surface area contributed by atoms with Crippen LogP contribution in [0.4, 0.5) is 5.69 Å². The average molecular weight is 242 g/mol. The highest BCUT2D eigenvalue weighted by Crippen LogP contribution is 2.21. The number of hydrogen-bond donors (Lipinski definition) is 1. The molecule has 0 saturated carbocycles. The van der Waals surface area contributed by atoms with Gasteiger partial charge in [0.15, 0.2) is 0 Å². The van der Waals surface area contributed by atoms with Crippen molar-refractivity contribution in [2.45, 2.75) is 32.7 Å². The number of nitrogen functional groups attached to an aromatic ring is 1. The smallest absolute Gasteiger partial charge is 0.137 e. The second kappa shape index (κ2) is 4.44. The maximum Gasteiger partial charge on any atom is 0.137 e. The van der Waals surface area contributed by atoms with Gasteiger partial charge in [0.2, 0.25) is 0 Å². The van der Waals surface area contributed by atoms with Gasteiger partial charge in [-0.2, -0.15) is 0 Å². The molecule has 4 nitrogen and oxygen atoms in total. The Kier molecular flexibility index (Phi) is 2.78. The van der Waals surface area contributed by atoms with Crippen LogP contribution in [0.15, 0.2) is 24.3 Å². The topological polar surface area (TPSA) is 56.7 Å². The molecule has 1 unspecified atom stereocenters. The molecule has 0 spiro atoms. The van der Waals surface area contributed by atoms with Crippen molar-refractivity contribution < 1.29 is 0 Å². The first-order chi connectivity index (χ1) is 8.72. The summed E-state index contributed by atoms with van der Waals surface area (Å²) in [6.45, 7) is 3.33. The second-order valence-corrected chi connectivity index (χ2v) is 5.20. The Morgan fingerprint density at radius 3 is 2.83 bits per heavy atom. The van der Waals surface area contributed by atoms with E-state index in [-0.39, 0.29) is 0 Å². The molecule has 0 radical (unpaired) electrons. The van der Waals surface area contributed by atoms with Crippen LogP contribution in [0.2, 0.25) is 0 Å². The van der Waals surface area contributed by atoms with Gasteiger partial charge in [-0.05, 0) is 30.0 Å². The van der Waals surface area contributed by atoms with Crippen molar-refractivity contribution in [2.75, 3.05) is 5.73 Å². The molecule has 1 aliphatic heterocycles. The Morgan fingerprint density at radius 1 is 1.28 bits per heavy atom. The van der Waals surface area contributed by atoms with Crippen LogP contribution in [0.3, 0.4) is 0 Å². The van der Waals surface area contributed by atoms with Crippen LogP contribution in [-0.2, 0) is 19.4 Å². The van der Waals surface area contributed by atoms with Gasteiger partial charge in [-0.25, -0.2) is 0 Å². The molecule has 2 heterocycles. The summed E-state index contributed by atoms with van der Waals surface area (Å²) in [6.07, 6.45) is 3.11. The molecule has 94 valence electrons. The molecule has 0 fully saturated rings.